The topological polar surface area (TPSA) is 72.7 Å². The van der Waals surface area contributed by atoms with Crippen molar-refractivity contribution < 1.29 is 14.6 Å². The molecule has 0 N–H and O–H groups in total. The van der Waals surface area contributed by atoms with Crippen molar-refractivity contribution in [3.63, 3.8) is 0 Å². The Labute approximate surface area is 94.7 Å². The molecule has 0 atom stereocenters. The zero-order valence-corrected chi connectivity index (χ0v) is 9.93. The standard InChI is InChI=1S/C10H18N2O4/c1-10(2,3)9(13)16-11-6-4-8(5-7-11)12(14)15/h8H,4-7H2,1-3H3. The summed E-state index contributed by atoms with van der Waals surface area (Å²) >= 11 is 0. The van der Waals surface area contributed by atoms with Crippen LogP contribution in [0.3, 0.4) is 0 Å². The van der Waals surface area contributed by atoms with Gasteiger partial charge in [0.25, 0.3) is 0 Å². The molecule has 92 valence electrons. The highest BCUT2D eigenvalue weighted by molar-refractivity contribution is 5.75. The molecule has 6 nitrogen and oxygen atoms in total. The van der Waals surface area contributed by atoms with E-state index in [0.717, 1.165) is 0 Å². The summed E-state index contributed by atoms with van der Waals surface area (Å²) in [5, 5.41) is 12.0. The van der Waals surface area contributed by atoms with E-state index in [4.69, 9.17) is 4.84 Å². The molecule has 1 saturated heterocycles. The first-order valence-electron chi connectivity index (χ1n) is 5.41. The Morgan fingerprint density at radius 3 is 2.25 bits per heavy atom. The van der Waals surface area contributed by atoms with Gasteiger partial charge in [0, 0.05) is 30.9 Å². The molecule has 6 heteroatoms. The SMILES string of the molecule is CC(C)(C)C(=O)ON1CCC([N+](=O)[O-])CC1. The molecule has 0 aromatic carbocycles. The summed E-state index contributed by atoms with van der Waals surface area (Å²) in [5.41, 5.74) is -0.542. The fraction of sp³-hybridized carbons (Fsp3) is 0.900. The van der Waals surface area contributed by atoms with Crippen LogP contribution in [0, 0.1) is 15.5 Å². The molecule has 0 radical (unpaired) electrons. The lowest BCUT2D eigenvalue weighted by Crippen LogP contribution is -2.42. The number of hydroxylamine groups is 2. The molecule has 16 heavy (non-hydrogen) atoms. The Balaban J connectivity index is 2.38. The lowest BCUT2D eigenvalue weighted by atomic mass is 9.98. The van der Waals surface area contributed by atoms with Crippen LogP contribution in [0.25, 0.3) is 0 Å². The predicted octanol–water partition coefficient (Wildman–Crippen LogP) is 1.23. The van der Waals surface area contributed by atoms with Gasteiger partial charge >= 0.3 is 5.97 Å². The third kappa shape index (κ3) is 3.44. The van der Waals surface area contributed by atoms with Gasteiger partial charge in [0.15, 0.2) is 0 Å². The fourth-order valence-corrected chi connectivity index (χ4v) is 1.40. The second-order valence-corrected chi connectivity index (χ2v) is 5.07. The monoisotopic (exact) mass is 230 g/mol. The van der Waals surface area contributed by atoms with Crippen molar-refractivity contribution in [3.05, 3.63) is 10.1 Å². The molecule has 0 unspecified atom stereocenters. The van der Waals surface area contributed by atoms with Crippen LogP contribution in [0.4, 0.5) is 0 Å². The van der Waals surface area contributed by atoms with E-state index in [1.807, 2.05) is 0 Å². The van der Waals surface area contributed by atoms with Gasteiger partial charge in [0.2, 0.25) is 6.04 Å². The highest BCUT2D eigenvalue weighted by atomic mass is 16.7. The molecule has 0 bridgehead atoms. The molecule has 0 aromatic rings. The van der Waals surface area contributed by atoms with E-state index in [-0.39, 0.29) is 10.9 Å². The number of carbonyl (C=O) groups is 1. The zero-order chi connectivity index (χ0) is 12.3. The summed E-state index contributed by atoms with van der Waals surface area (Å²) in [6.07, 6.45) is 0.870. The molecule has 0 saturated carbocycles. The Hall–Kier alpha value is -1.17. The summed E-state index contributed by atoms with van der Waals surface area (Å²) in [6.45, 7) is 6.21. The molecule has 0 aliphatic carbocycles. The van der Waals surface area contributed by atoms with Gasteiger partial charge < -0.3 is 4.84 Å². The van der Waals surface area contributed by atoms with Gasteiger partial charge in [-0.05, 0) is 20.8 Å². The maximum atomic E-state index is 11.6. The van der Waals surface area contributed by atoms with E-state index in [9.17, 15) is 14.9 Å². The summed E-state index contributed by atoms with van der Waals surface area (Å²) < 4.78 is 0. The lowest BCUT2D eigenvalue weighted by molar-refractivity contribution is -0.528. The first kappa shape index (κ1) is 12.9. The lowest BCUT2D eigenvalue weighted by Gasteiger charge is -2.29. The van der Waals surface area contributed by atoms with E-state index in [2.05, 4.69) is 0 Å². The fourth-order valence-electron chi connectivity index (χ4n) is 1.40. The molecule has 1 aliphatic rings. The molecule has 0 amide bonds. The van der Waals surface area contributed by atoms with Crippen molar-refractivity contribution in [2.45, 2.75) is 39.7 Å². The minimum atomic E-state index is -0.542. The normalized spacial score (nSPS) is 19.4. The van der Waals surface area contributed by atoms with Crippen LogP contribution in [-0.2, 0) is 9.63 Å². The number of rotatable bonds is 2. The Bertz CT molecular complexity index is 277. The van der Waals surface area contributed by atoms with Crippen molar-refractivity contribution in [3.8, 4) is 0 Å². The van der Waals surface area contributed by atoms with E-state index < -0.39 is 11.5 Å². The van der Waals surface area contributed by atoms with Gasteiger partial charge in [0.05, 0.1) is 5.41 Å². The van der Waals surface area contributed by atoms with Crippen molar-refractivity contribution in [1.82, 2.24) is 5.06 Å². The van der Waals surface area contributed by atoms with Crippen LogP contribution in [0.15, 0.2) is 0 Å². The summed E-state index contributed by atoms with van der Waals surface area (Å²) in [6, 6.07) is -0.496. The number of hydrogen-bond donors (Lipinski definition) is 0. The van der Waals surface area contributed by atoms with Crippen LogP contribution in [0.1, 0.15) is 33.6 Å². The Morgan fingerprint density at radius 2 is 1.88 bits per heavy atom. The third-order valence-corrected chi connectivity index (χ3v) is 2.55. The predicted molar refractivity (Wildman–Crippen MR) is 57.1 cm³/mol. The Morgan fingerprint density at radius 1 is 1.38 bits per heavy atom. The maximum Gasteiger partial charge on any atom is 0.330 e. The molecule has 0 aromatic heterocycles. The highest BCUT2D eigenvalue weighted by Crippen LogP contribution is 2.19. The minimum absolute atomic E-state index is 0.261. The minimum Gasteiger partial charge on any atom is -0.367 e. The summed E-state index contributed by atoms with van der Waals surface area (Å²) in [7, 11) is 0. The smallest absolute Gasteiger partial charge is 0.330 e. The average Bonchev–Trinajstić information content (AvgIpc) is 2.17. The summed E-state index contributed by atoms with van der Waals surface area (Å²) in [5.74, 6) is -0.299. The van der Waals surface area contributed by atoms with Gasteiger partial charge in [0.1, 0.15) is 0 Å². The number of nitrogens with zero attached hydrogens (tertiary/aromatic N) is 2. The van der Waals surface area contributed by atoms with E-state index in [0.29, 0.717) is 25.9 Å². The number of carbonyl (C=O) groups excluding carboxylic acids is 1. The quantitative estimate of drug-likeness (QED) is 0.527. The molecular weight excluding hydrogens is 212 g/mol. The molecule has 1 fully saturated rings. The van der Waals surface area contributed by atoms with Crippen LogP contribution in [0.2, 0.25) is 0 Å². The average molecular weight is 230 g/mol. The van der Waals surface area contributed by atoms with E-state index in [1.165, 1.54) is 5.06 Å². The zero-order valence-electron chi connectivity index (χ0n) is 9.93. The van der Waals surface area contributed by atoms with Gasteiger partial charge in [-0.15, -0.1) is 5.06 Å². The Kier molecular flexibility index (Phi) is 3.85. The second-order valence-electron chi connectivity index (χ2n) is 5.07. The molecule has 0 spiro atoms. The van der Waals surface area contributed by atoms with E-state index >= 15 is 0 Å². The largest absolute Gasteiger partial charge is 0.367 e. The molecule has 1 heterocycles. The number of nitro groups is 1. The van der Waals surface area contributed by atoms with Gasteiger partial charge in [-0.3, -0.25) is 10.1 Å². The number of hydrogen-bond acceptors (Lipinski definition) is 5. The van der Waals surface area contributed by atoms with Crippen molar-refractivity contribution >= 4 is 5.97 Å². The third-order valence-electron chi connectivity index (χ3n) is 2.55. The van der Waals surface area contributed by atoms with Crippen LogP contribution < -0.4 is 0 Å². The molecule has 1 aliphatic heterocycles. The maximum absolute atomic E-state index is 11.6. The van der Waals surface area contributed by atoms with Gasteiger partial charge in [-0.1, -0.05) is 0 Å². The number of piperidine rings is 1. The van der Waals surface area contributed by atoms with Crippen molar-refractivity contribution in [1.29, 1.82) is 0 Å². The van der Waals surface area contributed by atoms with Crippen molar-refractivity contribution in [2.75, 3.05) is 13.1 Å². The second kappa shape index (κ2) is 4.78. The molecular formula is C10H18N2O4. The highest BCUT2D eigenvalue weighted by Gasteiger charge is 2.31. The van der Waals surface area contributed by atoms with Gasteiger partial charge in [-0.25, -0.2) is 4.79 Å². The van der Waals surface area contributed by atoms with Gasteiger partial charge in [-0.2, -0.15) is 0 Å². The first-order valence-corrected chi connectivity index (χ1v) is 5.41. The first-order chi connectivity index (χ1) is 7.30. The van der Waals surface area contributed by atoms with Crippen molar-refractivity contribution in [2.24, 2.45) is 5.41 Å². The summed E-state index contributed by atoms with van der Waals surface area (Å²) in [4.78, 5) is 27.0. The van der Waals surface area contributed by atoms with Crippen LogP contribution in [0.5, 0.6) is 0 Å². The van der Waals surface area contributed by atoms with E-state index in [1.54, 1.807) is 20.8 Å². The van der Waals surface area contributed by atoms with Crippen LogP contribution >= 0.6 is 0 Å². The molecule has 1 rings (SSSR count). The van der Waals surface area contributed by atoms with Crippen LogP contribution in [-0.4, -0.2) is 35.1 Å².